The molecule has 36 heavy (non-hydrogen) atoms. The van der Waals surface area contributed by atoms with E-state index in [9.17, 15) is 0 Å². The number of benzene rings is 1. The lowest BCUT2D eigenvalue weighted by molar-refractivity contribution is 0.352. The Kier molecular flexibility index (Phi) is 6.58. The minimum Gasteiger partial charge on any atom is -0.341 e. The Hall–Kier alpha value is -3.22. The van der Waals surface area contributed by atoms with Crippen LogP contribution in [0.15, 0.2) is 36.9 Å². The normalized spacial score (nSPS) is 15.2. The standard InChI is InChI=1S/C29H39N7/c1-20-17-31-36(18-20)14-11-22-9-12-35(13-10-22)28-32-25(26-27(33-28)30-19-34(26)6)16-23-15-24(29(3,4)5)8-7-21(23)2/h7-8,15,17-19,22H,9-14,16H2,1-6H3. The summed E-state index contributed by atoms with van der Waals surface area (Å²) in [6, 6.07) is 6.85. The lowest BCUT2D eigenvalue weighted by Crippen LogP contribution is -2.35. The van der Waals surface area contributed by atoms with Crippen molar-refractivity contribution in [3.05, 3.63) is 64.9 Å². The van der Waals surface area contributed by atoms with Gasteiger partial charge in [-0.2, -0.15) is 10.1 Å². The molecule has 5 rings (SSSR count). The highest BCUT2D eigenvalue weighted by Gasteiger charge is 2.24. The number of piperidine rings is 1. The molecular formula is C29H39N7. The molecule has 7 nitrogen and oxygen atoms in total. The number of aryl methyl sites for hydroxylation is 4. The van der Waals surface area contributed by atoms with E-state index in [0.29, 0.717) is 5.92 Å². The van der Waals surface area contributed by atoms with Gasteiger partial charge in [0.2, 0.25) is 5.95 Å². The molecule has 1 aromatic carbocycles. The third-order valence-corrected chi connectivity index (χ3v) is 7.63. The summed E-state index contributed by atoms with van der Waals surface area (Å²) in [5.41, 5.74) is 8.19. The van der Waals surface area contributed by atoms with E-state index in [4.69, 9.17) is 9.97 Å². The maximum atomic E-state index is 5.15. The Morgan fingerprint density at radius 2 is 1.83 bits per heavy atom. The molecule has 0 radical (unpaired) electrons. The topological polar surface area (TPSA) is 64.7 Å². The number of rotatable bonds is 6. The van der Waals surface area contributed by atoms with E-state index in [1.807, 2.05) is 19.6 Å². The van der Waals surface area contributed by atoms with Crippen molar-refractivity contribution in [1.82, 2.24) is 29.3 Å². The number of nitrogens with zero attached hydrogens (tertiary/aromatic N) is 7. The monoisotopic (exact) mass is 485 g/mol. The highest BCUT2D eigenvalue weighted by Crippen LogP contribution is 2.29. The van der Waals surface area contributed by atoms with Crippen molar-refractivity contribution < 1.29 is 0 Å². The molecule has 7 heteroatoms. The second kappa shape index (κ2) is 9.68. The summed E-state index contributed by atoms with van der Waals surface area (Å²) in [7, 11) is 2.03. The minimum absolute atomic E-state index is 0.113. The van der Waals surface area contributed by atoms with Gasteiger partial charge in [-0.3, -0.25) is 4.68 Å². The molecule has 0 atom stereocenters. The molecule has 1 aliphatic heterocycles. The molecule has 4 aromatic rings. The van der Waals surface area contributed by atoms with E-state index >= 15 is 0 Å². The molecule has 0 amide bonds. The van der Waals surface area contributed by atoms with Crippen LogP contribution in [0, 0.1) is 19.8 Å². The molecule has 1 saturated heterocycles. The highest BCUT2D eigenvalue weighted by molar-refractivity contribution is 5.75. The smallest absolute Gasteiger partial charge is 0.227 e. The van der Waals surface area contributed by atoms with E-state index in [0.717, 1.165) is 61.7 Å². The predicted molar refractivity (Wildman–Crippen MR) is 146 cm³/mol. The SMILES string of the molecule is Cc1cnn(CCC2CCN(c3nc(Cc4cc(C(C)(C)C)ccc4C)c4c(ncn4C)n3)CC2)c1. The van der Waals surface area contributed by atoms with Crippen LogP contribution in [0.25, 0.3) is 11.2 Å². The fraction of sp³-hybridized carbons (Fsp3) is 0.517. The van der Waals surface area contributed by atoms with Crippen molar-refractivity contribution in [3.8, 4) is 0 Å². The van der Waals surface area contributed by atoms with Crippen LogP contribution in [-0.2, 0) is 25.4 Å². The fourth-order valence-electron chi connectivity index (χ4n) is 5.22. The number of aromatic nitrogens is 6. The molecule has 0 unspecified atom stereocenters. The number of hydrogen-bond acceptors (Lipinski definition) is 5. The van der Waals surface area contributed by atoms with E-state index in [1.165, 1.54) is 28.7 Å². The second-order valence-electron chi connectivity index (χ2n) is 11.6. The van der Waals surface area contributed by atoms with Gasteiger partial charge in [0, 0.05) is 39.3 Å². The first-order chi connectivity index (χ1) is 17.2. The highest BCUT2D eigenvalue weighted by atomic mass is 15.3. The maximum absolute atomic E-state index is 5.15. The van der Waals surface area contributed by atoms with Crippen molar-refractivity contribution in [3.63, 3.8) is 0 Å². The van der Waals surface area contributed by atoms with Crippen molar-refractivity contribution in [1.29, 1.82) is 0 Å². The molecule has 0 spiro atoms. The zero-order valence-electron chi connectivity index (χ0n) is 22.6. The fourth-order valence-corrected chi connectivity index (χ4v) is 5.22. The van der Waals surface area contributed by atoms with Crippen LogP contribution in [-0.4, -0.2) is 42.4 Å². The average molecular weight is 486 g/mol. The molecule has 0 saturated carbocycles. The minimum atomic E-state index is 0.113. The van der Waals surface area contributed by atoms with Crippen LogP contribution in [0.3, 0.4) is 0 Å². The first-order valence-electron chi connectivity index (χ1n) is 13.2. The van der Waals surface area contributed by atoms with Gasteiger partial charge < -0.3 is 9.47 Å². The van der Waals surface area contributed by atoms with Gasteiger partial charge in [0.05, 0.1) is 18.2 Å². The van der Waals surface area contributed by atoms with Crippen molar-refractivity contribution in [2.45, 2.75) is 72.3 Å². The Morgan fingerprint density at radius 1 is 1.06 bits per heavy atom. The number of anilines is 1. The van der Waals surface area contributed by atoms with Gasteiger partial charge in [0.1, 0.15) is 5.52 Å². The lowest BCUT2D eigenvalue weighted by Gasteiger charge is -2.32. The van der Waals surface area contributed by atoms with Crippen LogP contribution >= 0.6 is 0 Å². The quantitative estimate of drug-likeness (QED) is 0.367. The second-order valence-corrected chi connectivity index (χ2v) is 11.6. The first-order valence-corrected chi connectivity index (χ1v) is 13.2. The van der Waals surface area contributed by atoms with E-state index in [-0.39, 0.29) is 5.41 Å². The van der Waals surface area contributed by atoms with Crippen LogP contribution < -0.4 is 4.90 Å². The summed E-state index contributed by atoms with van der Waals surface area (Å²) in [5, 5.41) is 4.44. The summed E-state index contributed by atoms with van der Waals surface area (Å²) < 4.78 is 4.13. The summed E-state index contributed by atoms with van der Waals surface area (Å²) in [6.07, 6.45) is 10.2. The Bertz CT molecular complexity index is 1350. The Labute approximate surface area is 214 Å². The number of hydrogen-bond donors (Lipinski definition) is 0. The van der Waals surface area contributed by atoms with Gasteiger partial charge in [-0.15, -0.1) is 0 Å². The summed E-state index contributed by atoms with van der Waals surface area (Å²) >= 11 is 0. The molecule has 190 valence electrons. The molecule has 3 aromatic heterocycles. The van der Waals surface area contributed by atoms with Crippen LogP contribution in [0.2, 0.25) is 0 Å². The molecule has 1 aliphatic rings. The van der Waals surface area contributed by atoms with Crippen molar-refractivity contribution in [2.24, 2.45) is 13.0 Å². The molecule has 4 heterocycles. The zero-order valence-corrected chi connectivity index (χ0v) is 22.6. The summed E-state index contributed by atoms with van der Waals surface area (Å²) in [4.78, 5) is 17.0. The lowest BCUT2D eigenvalue weighted by atomic mass is 9.84. The van der Waals surface area contributed by atoms with E-state index in [2.05, 4.69) is 83.2 Å². The molecule has 0 bridgehead atoms. The first kappa shape index (κ1) is 24.5. The van der Waals surface area contributed by atoms with E-state index < -0.39 is 0 Å². The molecule has 0 N–H and O–H groups in total. The Morgan fingerprint density at radius 3 is 2.53 bits per heavy atom. The maximum Gasteiger partial charge on any atom is 0.227 e. The summed E-state index contributed by atoms with van der Waals surface area (Å²) in [6.45, 7) is 14.1. The van der Waals surface area contributed by atoms with Gasteiger partial charge in [0.25, 0.3) is 0 Å². The zero-order chi connectivity index (χ0) is 25.4. The number of imidazole rings is 1. The molecule has 0 aliphatic carbocycles. The van der Waals surface area contributed by atoms with Gasteiger partial charge in [-0.05, 0) is 66.7 Å². The van der Waals surface area contributed by atoms with Crippen molar-refractivity contribution in [2.75, 3.05) is 18.0 Å². The van der Waals surface area contributed by atoms with E-state index in [1.54, 1.807) is 0 Å². The predicted octanol–water partition coefficient (Wildman–Crippen LogP) is 5.37. The van der Waals surface area contributed by atoms with Crippen molar-refractivity contribution >= 4 is 17.1 Å². The summed E-state index contributed by atoms with van der Waals surface area (Å²) in [5.74, 6) is 1.54. The largest absolute Gasteiger partial charge is 0.341 e. The van der Waals surface area contributed by atoms with Crippen LogP contribution in [0.5, 0.6) is 0 Å². The molecular weight excluding hydrogens is 446 g/mol. The molecule has 1 fully saturated rings. The van der Waals surface area contributed by atoms with Gasteiger partial charge >= 0.3 is 0 Å². The third kappa shape index (κ3) is 5.15. The van der Waals surface area contributed by atoms with Gasteiger partial charge in [0.15, 0.2) is 5.65 Å². The Balaban J connectivity index is 1.35. The van der Waals surface area contributed by atoms with Crippen LogP contribution in [0.1, 0.15) is 68.0 Å². The van der Waals surface area contributed by atoms with Gasteiger partial charge in [-0.25, -0.2) is 9.97 Å². The van der Waals surface area contributed by atoms with Crippen LogP contribution in [0.4, 0.5) is 5.95 Å². The number of fused-ring (bicyclic) bond motifs is 1. The third-order valence-electron chi connectivity index (χ3n) is 7.63. The van der Waals surface area contributed by atoms with Gasteiger partial charge in [-0.1, -0.05) is 39.0 Å². The average Bonchev–Trinajstić information content (AvgIpc) is 3.44.